The molecule has 0 spiro atoms. The fourth-order valence-electron chi connectivity index (χ4n) is 2.38. The van der Waals surface area contributed by atoms with Crippen LogP contribution in [0.2, 0.25) is 10.0 Å². The van der Waals surface area contributed by atoms with Crippen LogP contribution in [0.25, 0.3) is 11.0 Å². The van der Waals surface area contributed by atoms with E-state index in [1.54, 1.807) is 18.2 Å². The van der Waals surface area contributed by atoms with Crippen LogP contribution < -0.4 is 10.9 Å². The first-order valence-corrected chi connectivity index (χ1v) is 8.41. The van der Waals surface area contributed by atoms with Gasteiger partial charge in [0, 0.05) is 19.2 Å². The van der Waals surface area contributed by atoms with Gasteiger partial charge in [-0.05, 0) is 17.7 Å². The molecule has 0 amide bonds. The van der Waals surface area contributed by atoms with Crippen LogP contribution in [0, 0.1) is 0 Å². The number of aromatic nitrogens is 4. The van der Waals surface area contributed by atoms with Gasteiger partial charge in [0.15, 0.2) is 5.52 Å². The molecule has 8 nitrogen and oxygen atoms in total. The van der Waals surface area contributed by atoms with Gasteiger partial charge in [0.1, 0.15) is 17.6 Å². The molecule has 0 aliphatic carbocycles. The maximum absolute atomic E-state index is 12.0. The van der Waals surface area contributed by atoms with E-state index in [9.17, 15) is 9.90 Å². The zero-order chi connectivity index (χ0) is 20.3. The number of fused-ring (bicyclic) bond motifs is 1. The average Bonchev–Trinajstić information content (AvgIpc) is 3.08. The summed E-state index contributed by atoms with van der Waals surface area (Å²) in [4.78, 5) is 19.0. The Labute approximate surface area is 161 Å². The van der Waals surface area contributed by atoms with Gasteiger partial charge in [-0.15, -0.1) is 0 Å². The summed E-state index contributed by atoms with van der Waals surface area (Å²) in [6.07, 6.45) is 0.872. The van der Waals surface area contributed by atoms with Crippen LogP contribution in [0.15, 0.2) is 29.2 Å². The monoisotopic (exact) mass is 399 g/mol. The minimum atomic E-state index is -2.50. The second kappa shape index (κ2) is 8.61. The molecule has 0 unspecified atom stereocenters. The van der Waals surface area contributed by atoms with Crippen molar-refractivity contribution in [1.82, 2.24) is 25.5 Å². The lowest BCUT2D eigenvalue weighted by Crippen LogP contribution is -2.35. The quantitative estimate of drug-likeness (QED) is 0.427. The predicted octanol–water partition coefficient (Wildman–Crippen LogP) is 1.62. The van der Waals surface area contributed by atoms with E-state index in [2.05, 4.69) is 25.5 Å². The van der Waals surface area contributed by atoms with Crippen molar-refractivity contribution in [1.29, 1.82) is 0 Å². The van der Waals surface area contributed by atoms with Gasteiger partial charge in [0.2, 0.25) is 0 Å². The van der Waals surface area contributed by atoms with Crippen molar-refractivity contribution in [3.05, 3.63) is 56.2 Å². The van der Waals surface area contributed by atoms with E-state index in [-0.39, 0.29) is 11.9 Å². The first-order chi connectivity index (χ1) is 13.2. The molecule has 0 bridgehead atoms. The molecule has 138 valence electrons. The number of ether oxygens (including phenoxy) is 1. The van der Waals surface area contributed by atoms with E-state index in [0.29, 0.717) is 27.9 Å². The highest BCUT2D eigenvalue weighted by molar-refractivity contribution is 6.42. The van der Waals surface area contributed by atoms with Crippen molar-refractivity contribution < 1.29 is 12.6 Å². The van der Waals surface area contributed by atoms with Gasteiger partial charge in [0.25, 0.3) is 5.56 Å². The Hall–Kier alpha value is -1.97. The van der Waals surface area contributed by atoms with E-state index < -0.39 is 25.0 Å². The molecule has 0 saturated heterocycles. The Morgan fingerprint density at radius 3 is 3.00 bits per heavy atom. The predicted molar refractivity (Wildman–Crippen MR) is 98.3 cm³/mol. The lowest BCUT2D eigenvalue weighted by atomic mass is 10.2. The Bertz CT molecular complexity index is 1020. The second-order valence-electron chi connectivity index (χ2n) is 5.42. The normalized spacial score (nSPS) is 14.3. The van der Waals surface area contributed by atoms with E-state index in [1.807, 2.05) is 0 Å². The molecular formula is C16H17Cl2N5O3. The highest BCUT2D eigenvalue weighted by Crippen LogP contribution is 2.22. The summed E-state index contributed by atoms with van der Waals surface area (Å²) in [6.45, 7) is -2.74. The Morgan fingerprint density at radius 2 is 2.23 bits per heavy atom. The largest absolute Gasteiger partial charge is 0.394 e. The Morgan fingerprint density at radius 1 is 1.38 bits per heavy atom. The summed E-state index contributed by atoms with van der Waals surface area (Å²) in [5.74, 6) is 0.323. The van der Waals surface area contributed by atoms with E-state index in [1.165, 1.54) is 6.20 Å². The van der Waals surface area contributed by atoms with Gasteiger partial charge in [-0.2, -0.15) is 5.10 Å². The lowest BCUT2D eigenvalue weighted by molar-refractivity contribution is 0.00742. The topological polar surface area (TPSA) is 116 Å². The smallest absolute Gasteiger partial charge is 0.279 e. The fourth-order valence-corrected chi connectivity index (χ4v) is 2.70. The summed E-state index contributed by atoms with van der Waals surface area (Å²) in [5.41, 5.74) is 1.01. The number of hydrogen-bond acceptors (Lipinski definition) is 6. The molecule has 0 aliphatic heterocycles. The molecule has 2 aromatic heterocycles. The molecule has 4 N–H and O–H groups in total. The first-order valence-electron chi connectivity index (χ1n) is 8.65. The molecule has 2 heterocycles. The molecule has 1 aromatic carbocycles. The Balaban J connectivity index is 1.75. The lowest BCUT2D eigenvalue weighted by Gasteiger charge is -2.19. The van der Waals surface area contributed by atoms with Crippen LogP contribution >= 0.6 is 23.2 Å². The number of aliphatic hydroxyl groups is 1. The summed E-state index contributed by atoms with van der Waals surface area (Å²) < 4.78 is 19.9. The highest BCUT2D eigenvalue weighted by Gasteiger charge is 2.14. The van der Waals surface area contributed by atoms with Gasteiger partial charge in [0.05, 0.1) is 26.0 Å². The number of nitrogens with one attached hydrogen (secondary N) is 3. The molecular weight excluding hydrogens is 381 g/mol. The number of halogens is 2. The van der Waals surface area contributed by atoms with Crippen molar-refractivity contribution in [2.24, 2.45) is 0 Å². The standard InChI is InChI=1S/C16H17Cl2N5O3/c17-10-2-1-9(5-11(10)18)7-19-14(26-4-3-24)6-13-21-12-8-20-23-15(12)16(25)22-13/h1-2,5,8,14,19,24H,3-4,6-7H2,(H,20,23)(H,21,22,25)/t14-/m0/s1/i3D2. The van der Waals surface area contributed by atoms with E-state index >= 15 is 0 Å². The third kappa shape index (κ3) is 4.60. The van der Waals surface area contributed by atoms with Crippen molar-refractivity contribution in [3.63, 3.8) is 0 Å². The molecule has 26 heavy (non-hydrogen) atoms. The molecule has 1 atom stereocenters. The molecule has 10 heteroatoms. The van der Waals surface area contributed by atoms with Crippen molar-refractivity contribution in [2.45, 2.75) is 19.2 Å². The summed E-state index contributed by atoms with van der Waals surface area (Å²) in [5, 5.41) is 19.6. The van der Waals surface area contributed by atoms with Crippen LogP contribution in [0.4, 0.5) is 0 Å². The maximum Gasteiger partial charge on any atom is 0.279 e. The zero-order valence-corrected chi connectivity index (χ0v) is 14.9. The number of benzene rings is 1. The minimum absolute atomic E-state index is 0.119. The molecule has 0 saturated carbocycles. The van der Waals surface area contributed by atoms with E-state index in [0.717, 1.165) is 5.56 Å². The SMILES string of the molecule is [2H]C([2H])(O)CO[C@@H](Cc1nc2c[nH]nc2c(=O)[nH]1)NCc1ccc(Cl)c(Cl)c1. The van der Waals surface area contributed by atoms with E-state index in [4.69, 9.17) is 30.7 Å². The highest BCUT2D eigenvalue weighted by atomic mass is 35.5. The molecule has 0 fully saturated rings. The van der Waals surface area contributed by atoms with Crippen molar-refractivity contribution >= 4 is 34.2 Å². The van der Waals surface area contributed by atoms with Crippen LogP contribution in [0.3, 0.4) is 0 Å². The van der Waals surface area contributed by atoms with Gasteiger partial charge in [-0.25, -0.2) is 4.98 Å². The third-order valence-corrected chi connectivity index (χ3v) is 4.33. The van der Waals surface area contributed by atoms with Crippen LogP contribution in [0.5, 0.6) is 0 Å². The van der Waals surface area contributed by atoms with Gasteiger partial charge in [-0.1, -0.05) is 29.3 Å². The van der Waals surface area contributed by atoms with Crippen molar-refractivity contribution in [2.75, 3.05) is 13.2 Å². The summed E-state index contributed by atoms with van der Waals surface area (Å²) in [6, 6.07) is 5.13. The van der Waals surface area contributed by atoms with Gasteiger partial charge >= 0.3 is 0 Å². The molecule has 3 aromatic rings. The molecule has 3 rings (SSSR count). The number of H-pyrrole nitrogens is 2. The molecule has 0 aliphatic rings. The Kier molecular flexibility index (Phi) is 5.37. The first kappa shape index (κ1) is 16.2. The minimum Gasteiger partial charge on any atom is -0.394 e. The number of rotatable bonds is 8. The summed E-state index contributed by atoms with van der Waals surface area (Å²) >= 11 is 11.9. The summed E-state index contributed by atoms with van der Waals surface area (Å²) in [7, 11) is 0. The van der Waals surface area contributed by atoms with Crippen LogP contribution in [0.1, 0.15) is 14.1 Å². The zero-order valence-electron chi connectivity index (χ0n) is 15.4. The average molecular weight is 400 g/mol. The maximum atomic E-state index is 12.0. The second-order valence-corrected chi connectivity index (χ2v) is 6.24. The fraction of sp³-hybridized carbons (Fsp3) is 0.312. The number of nitrogens with zero attached hydrogens (tertiary/aromatic N) is 2. The number of hydrogen-bond donors (Lipinski definition) is 4. The van der Waals surface area contributed by atoms with Crippen LogP contribution in [-0.2, 0) is 17.7 Å². The third-order valence-electron chi connectivity index (χ3n) is 3.59. The number of aromatic amines is 2. The molecule has 0 radical (unpaired) electrons. The van der Waals surface area contributed by atoms with Gasteiger partial charge < -0.3 is 14.8 Å². The van der Waals surface area contributed by atoms with Gasteiger partial charge in [-0.3, -0.25) is 15.2 Å². The van der Waals surface area contributed by atoms with Crippen LogP contribution in [-0.4, -0.2) is 44.7 Å². The van der Waals surface area contributed by atoms with Crippen molar-refractivity contribution in [3.8, 4) is 0 Å².